The van der Waals surface area contributed by atoms with Gasteiger partial charge in [0.15, 0.2) is 0 Å². The molecule has 0 saturated carbocycles. The van der Waals surface area contributed by atoms with Crippen molar-refractivity contribution < 1.29 is 14.0 Å². The number of fused-ring (bicyclic) bond motifs is 1. The molecule has 2 fully saturated rings. The van der Waals surface area contributed by atoms with E-state index in [-0.39, 0.29) is 29.8 Å². The van der Waals surface area contributed by atoms with Crippen molar-refractivity contribution in [2.24, 2.45) is 11.7 Å². The van der Waals surface area contributed by atoms with E-state index in [0.29, 0.717) is 57.9 Å². The van der Waals surface area contributed by atoms with E-state index >= 15 is 0 Å². The second-order valence-corrected chi connectivity index (χ2v) is 9.77. The van der Waals surface area contributed by atoms with E-state index in [4.69, 9.17) is 27.4 Å². The molecule has 2 aliphatic rings. The van der Waals surface area contributed by atoms with Crippen LogP contribution in [-0.4, -0.2) is 43.5 Å². The fourth-order valence-corrected chi connectivity index (χ4v) is 5.40. The van der Waals surface area contributed by atoms with E-state index in [9.17, 15) is 14.4 Å². The summed E-state index contributed by atoms with van der Waals surface area (Å²) in [6, 6.07) is 8.84. The van der Waals surface area contributed by atoms with Gasteiger partial charge in [-0.3, -0.25) is 23.7 Å². The Morgan fingerprint density at radius 3 is 2.74 bits per heavy atom. The van der Waals surface area contributed by atoms with Crippen molar-refractivity contribution in [1.82, 2.24) is 14.3 Å². The van der Waals surface area contributed by atoms with Crippen LogP contribution in [0.1, 0.15) is 24.2 Å². The molecule has 11 heteroatoms. The average Bonchev–Trinajstić information content (AvgIpc) is 3.45. The molecule has 0 radical (unpaired) electrons. The number of carbonyl (C=O) groups excluding carboxylic acids is 2. The molecule has 0 atom stereocenters. The minimum atomic E-state index is -0.313. The summed E-state index contributed by atoms with van der Waals surface area (Å²) in [7, 11) is 0. The van der Waals surface area contributed by atoms with E-state index < -0.39 is 0 Å². The highest BCUT2D eigenvalue weighted by Gasteiger charge is 2.34. The van der Waals surface area contributed by atoms with E-state index in [2.05, 4.69) is 0 Å². The molecule has 5 rings (SSSR count). The number of amides is 2. The molecule has 0 aliphatic carbocycles. The Bertz CT molecular complexity index is 1370. The van der Waals surface area contributed by atoms with Crippen LogP contribution in [0.4, 0.5) is 5.82 Å². The third kappa shape index (κ3) is 4.12. The molecule has 3 aromatic heterocycles. The van der Waals surface area contributed by atoms with Crippen LogP contribution in [0.3, 0.4) is 0 Å². The number of aromatic nitrogens is 2. The number of thioether (sulfide) groups is 1. The highest BCUT2D eigenvalue weighted by atomic mass is 32.2. The Labute approximate surface area is 204 Å². The smallest absolute Gasteiger partial charge is 0.267 e. The molecule has 0 bridgehead atoms. The van der Waals surface area contributed by atoms with Crippen molar-refractivity contribution in [2.75, 3.05) is 18.0 Å². The fourth-order valence-electron chi connectivity index (χ4n) is 4.16. The lowest BCUT2D eigenvalue weighted by Crippen LogP contribution is -2.40. The van der Waals surface area contributed by atoms with Crippen LogP contribution in [0.25, 0.3) is 11.7 Å². The molecule has 2 N–H and O–H groups in total. The summed E-state index contributed by atoms with van der Waals surface area (Å²) >= 11 is 6.57. The molecule has 5 heterocycles. The lowest BCUT2D eigenvalue weighted by molar-refractivity contribution is -0.123. The molecular weight excluding hydrogens is 474 g/mol. The first-order valence-electron chi connectivity index (χ1n) is 10.8. The zero-order valence-corrected chi connectivity index (χ0v) is 19.7. The van der Waals surface area contributed by atoms with Crippen LogP contribution in [-0.2, 0) is 16.1 Å². The van der Waals surface area contributed by atoms with Crippen molar-refractivity contribution in [2.45, 2.75) is 19.4 Å². The number of nitrogens with two attached hydrogens (primary N) is 1. The van der Waals surface area contributed by atoms with E-state index in [0.717, 1.165) is 11.8 Å². The van der Waals surface area contributed by atoms with Gasteiger partial charge in [-0.1, -0.05) is 30.0 Å². The minimum Gasteiger partial charge on any atom is -0.467 e. The maximum Gasteiger partial charge on any atom is 0.267 e. The van der Waals surface area contributed by atoms with Gasteiger partial charge in [-0.15, -0.1) is 0 Å². The number of thiocarbonyl (C=S) groups is 1. The third-order valence-corrected chi connectivity index (χ3v) is 7.37. The normalized spacial score (nSPS) is 18.4. The molecule has 0 aromatic carbocycles. The van der Waals surface area contributed by atoms with Gasteiger partial charge in [0.1, 0.15) is 21.5 Å². The van der Waals surface area contributed by atoms with Gasteiger partial charge in [-0.25, -0.2) is 4.98 Å². The van der Waals surface area contributed by atoms with Gasteiger partial charge in [0, 0.05) is 25.2 Å². The molecule has 174 valence electrons. The standard InChI is InChI=1S/C23H21N5O4S2/c24-19(29)14-6-9-26(10-7-14)20-16(21(30)27-8-2-1-5-18(27)25-20)12-17-22(31)28(23(33)34-17)13-15-4-3-11-32-15/h1-5,8,11-12,14H,6-7,9-10,13H2,(H2,24,29)/b17-12-. The Morgan fingerprint density at radius 1 is 1.24 bits per heavy atom. The van der Waals surface area contributed by atoms with Crippen LogP contribution >= 0.6 is 24.0 Å². The summed E-state index contributed by atoms with van der Waals surface area (Å²) in [5.41, 5.74) is 6.00. The third-order valence-electron chi connectivity index (χ3n) is 5.99. The molecule has 0 unspecified atom stereocenters. The summed E-state index contributed by atoms with van der Waals surface area (Å²) in [6.45, 7) is 1.28. The SMILES string of the molecule is NC(=O)C1CCN(c2nc3ccccn3c(=O)c2/C=C2\SC(=S)N(Cc3ccco3)C2=O)CC1. The molecule has 2 aliphatic heterocycles. The molecule has 9 nitrogen and oxygen atoms in total. The lowest BCUT2D eigenvalue weighted by atomic mass is 9.96. The van der Waals surface area contributed by atoms with E-state index in [1.165, 1.54) is 15.6 Å². The number of pyridine rings is 1. The van der Waals surface area contributed by atoms with Crippen molar-refractivity contribution in [1.29, 1.82) is 0 Å². The highest BCUT2D eigenvalue weighted by molar-refractivity contribution is 8.26. The lowest BCUT2D eigenvalue weighted by Gasteiger charge is -2.32. The largest absolute Gasteiger partial charge is 0.467 e. The minimum absolute atomic E-state index is 0.195. The van der Waals surface area contributed by atoms with Crippen molar-refractivity contribution >= 4 is 57.7 Å². The van der Waals surface area contributed by atoms with Gasteiger partial charge in [0.2, 0.25) is 5.91 Å². The number of nitrogens with zero attached hydrogens (tertiary/aromatic N) is 4. The highest BCUT2D eigenvalue weighted by Crippen LogP contribution is 2.35. The second kappa shape index (κ2) is 9.07. The number of hydrogen-bond acceptors (Lipinski definition) is 8. The molecular formula is C23H21N5O4S2. The number of piperidine rings is 1. The van der Waals surface area contributed by atoms with Gasteiger partial charge in [0.05, 0.1) is 23.3 Å². The number of anilines is 1. The van der Waals surface area contributed by atoms with Crippen LogP contribution < -0.4 is 16.2 Å². The summed E-state index contributed by atoms with van der Waals surface area (Å²) in [5.74, 6) is 0.298. The van der Waals surface area contributed by atoms with Crippen LogP contribution in [0, 0.1) is 5.92 Å². The van der Waals surface area contributed by atoms with Crippen LogP contribution in [0.15, 0.2) is 56.9 Å². The van der Waals surface area contributed by atoms with E-state index in [1.807, 2.05) is 11.0 Å². The Morgan fingerprint density at radius 2 is 2.03 bits per heavy atom. The summed E-state index contributed by atoms with van der Waals surface area (Å²) < 4.78 is 7.20. The number of primary amides is 1. The van der Waals surface area contributed by atoms with E-state index in [1.54, 1.807) is 36.5 Å². The van der Waals surface area contributed by atoms with Gasteiger partial charge in [-0.2, -0.15) is 0 Å². The maximum atomic E-state index is 13.5. The second-order valence-electron chi connectivity index (χ2n) is 8.09. The number of rotatable bonds is 5. The van der Waals surface area contributed by atoms with Crippen LogP contribution in [0.2, 0.25) is 0 Å². The number of carbonyl (C=O) groups is 2. The molecule has 3 aromatic rings. The monoisotopic (exact) mass is 495 g/mol. The summed E-state index contributed by atoms with van der Waals surface area (Å²) in [6.07, 6.45) is 5.92. The van der Waals surface area contributed by atoms with Gasteiger partial charge in [-0.05, 0) is 43.2 Å². The van der Waals surface area contributed by atoms with Crippen LogP contribution in [0.5, 0.6) is 0 Å². The number of hydrogen-bond donors (Lipinski definition) is 1. The maximum absolute atomic E-state index is 13.5. The zero-order valence-electron chi connectivity index (χ0n) is 18.0. The van der Waals surface area contributed by atoms with Gasteiger partial charge >= 0.3 is 0 Å². The van der Waals surface area contributed by atoms with Gasteiger partial charge < -0.3 is 15.1 Å². The van der Waals surface area contributed by atoms with Crippen molar-refractivity contribution in [3.8, 4) is 0 Å². The first-order valence-corrected chi connectivity index (χ1v) is 12.0. The molecule has 0 spiro atoms. The zero-order chi connectivity index (χ0) is 23.8. The topological polar surface area (TPSA) is 114 Å². The average molecular weight is 496 g/mol. The Hall–Kier alpha value is -3.44. The fraction of sp³-hybridized carbons (Fsp3) is 0.261. The first kappa shape index (κ1) is 22.4. The molecule has 34 heavy (non-hydrogen) atoms. The molecule has 2 amide bonds. The van der Waals surface area contributed by atoms with Crippen molar-refractivity contribution in [3.63, 3.8) is 0 Å². The Kier molecular flexibility index (Phi) is 5.96. The summed E-state index contributed by atoms with van der Waals surface area (Å²) in [4.78, 5) is 46.7. The molecule has 2 saturated heterocycles. The predicted molar refractivity (Wildman–Crippen MR) is 133 cm³/mol. The first-order chi connectivity index (χ1) is 16.4. The summed E-state index contributed by atoms with van der Waals surface area (Å²) in [5, 5.41) is 0. The van der Waals surface area contributed by atoms with Crippen molar-refractivity contribution in [3.05, 3.63) is 69.4 Å². The predicted octanol–water partition coefficient (Wildman–Crippen LogP) is 2.39. The Balaban J connectivity index is 1.54. The quantitative estimate of drug-likeness (QED) is 0.424. The van der Waals surface area contributed by atoms with Gasteiger partial charge in [0.25, 0.3) is 11.5 Å². The number of furan rings is 1.